The quantitative estimate of drug-likeness (QED) is 0.504. The van der Waals surface area contributed by atoms with E-state index in [9.17, 15) is 0 Å². The summed E-state index contributed by atoms with van der Waals surface area (Å²) in [6.07, 6.45) is 12.3. The minimum Gasteiger partial charge on any atom is -0.165 e. The molecule has 0 radical (unpaired) electrons. The molecule has 0 saturated heterocycles. The van der Waals surface area contributed by atoms with E-state index in [1.54, 1.807) is 0 Å². The zero-order valence-corrected chi connectivity index (χ0v) is 11.0. The molecule has 2 heteroatoms. The summed E-state index contributed by atoms with van der Waals surface area (Å²) in [6.45, 7) is 0. The lowest BCUT2D eigenvalue weighted by molar-refractivity contribution is 0.494. The SMILES string of the molecule is CSCCCCC(Br)C1CCCC1. The molecule has 0 spiro atoms. The fourth-order valence-electron chi connectivity index (χ4n) is 2.14. The Labute approximate surface area is 95.4 Å². The molecule has 1 unspecified atom stereocenters. The molecule has 0 aliphatic heterocycles. The van der Waals surface area contributed by atoms with Crippen LogP contribution in [-0.4, -0.2) is 16.8 Å². The second-order valence-corrected chi connectivity index (χ2v) is 6.21. The molecule has 1 rings (SSSR count). The lowest BCUT2D eigenvalue weighted by Crippen LogP contribution is -2.10. The summed E-state index contributed by atoms with van der Waals surface area (Å²) in [4.78, 5) is 0.817. The van der Waals surface area contributed by atoms with Gasteiger partial charge in [0.1, 0.15) is 0 Å². The molecule has 0 aromatic heterocycles. The fraction of sp³-hybridized carbons (Fsp3) is 1.00. The molecule has 0 heterocycles. The molecule has 1 saturated carbocycles. The normalized spacial score (nSPS) is 20.8. The van der Waals surface area contributed by atoms with E-state index in [1.807, 2.05) is 11.8 Å². The molecule has 0 amide bonds. The standard InChI is InChI=1S/C11H21BrS/c1-13-9-5-4-8-11(12)10-6-2-3-7-10/h10-11H,2-9H2,1H3. The van der Waals surface area contributed by atoms with Crippen molar-refractivity contribution in [3.63, 3.8) is 0 Å². The number of alkyl halides is 1. The Morgan fingerprint density at radius 1 is 1.31 bits per heavy atom. The Kier molecular flexibility index (Phi) is 6.56. The molecule has 0 aromatic carbocycles. The molecular formula is C11H21BrS. The maximum absolute atomic E-state index is 3.85. The third-order valence-corrected chi connectivity index (χ3v) is 4.89. The van der Waals surface area contributed by atoms with Crippen molar-refractivity contribution in [2.24, 2.45) is 5.92 Å². The van der Waals surface area contributed by atoms with Crippen molar-refractivity contribution in [1.29, 1.82) is 0 Å². The molecule has 0 bridgehead atoms. The first-order chi connectivity index (χ1) is 6.34. The summed E-state index contributed by atoms with van der Waals surface area (Å²) in [5.41, 5.74) is 0. The summed E-state index contributed by atoms with van der Waals surface area (Å²) in [5, 5.41) is 0. The van der Waals surface area contributed by atoms with E-state index in [0.29, 0.717) is 0 Å². The lowest BCUT2D eigenvalue weighted by Gasteiger charge is -2.16. The van der Waals surface area contributed by atoms with Crippen LogP contribution >= 0.6 is 27.7 Å². The molecule has 1 atom stereocenters. The van der Waals surface area contributed by atoms with Crippen molar-refractivity contribution in [2.45, 2.75) is 49.8 Å². The second-order valence-electron chi connectivity index (χ2n) is 4.05. The van der Waals surface area contributed by atoms with Gasteiger partial charge in [0, 0.05) is 4.83 Å². The summed E-state index contributed by atoms with van der Waals surface area (Å²) in [5.74, 6) is 2.33. The van der Waals surface area contributed by atoms with Crippen LogP contribution < -0.4 is 0 Å². The van der Waals surface area contributed by atoms with Crippen LogP contribution in [0.15, 0.2) is 0 Å². The highest BCUT2D eigenvalue weighted by Crippen LogP contribution is 2.33. The molecule has 1 aliphatic carbocycles. The highest BCUT2D eigenvalue weighted by Gasteiger charge is 2.21. The minimum atomic E-state index is 0.817. The topological polar surface area (TPSA) is 0 Å². The van der Waals surface area contributed by atoms with Crippen molar-refractivity contribution in [2.75, 3.05) is 12.0 Å². The molecule has 0 N–H and O–H groups in total. The molecule has 0 nitrogen and oxygen atoms in total. The lowest BCUT2D eigenvalue weighted by atomic mass is 10.00. The number of hydrogen-bond acceptors (Lipinski definition) is 1. The zero-order valence-electron chi connectivity index (χ0n) is 8.60. The average Bonchev–Trinajstić information content (AvgIpc) is 2.65. The first kappa shape index (κ1) is 11.9. The van der Waals surface area contributed by atoms with Crippen LogP contribution in [0.2, 0.25) is 0 Å². The van der Waals surface area contributed by atoms with Crippen molar-refractivity contribution >= 4 is 27.7 Å². The van der Waals surface area contributed by atoms with Crippen LogP contribution in [0.4, 0.5) is 0 Å². The van der Waals surface area contributed by atoms with Gasteiger partial charge in [-0.2, -0.15) is 11.8 Å². The van der Waals surface area contributed by atoms with Crippen LogP contribution in [0.25, 0.3) is 0 Å². The first-order valence-corrected chi connectivity index (χ1v) is 7.78. The van der Waals surface area contributed by atoms with Crippen LogP contribution in [-0.2, 0) is 0 Å². The van der Waals surface area contributed by atoms with Gasteiger partial charge in [0.2, 0.25) is 0 Å². The van der Waals surface area contributed by atoms with Gasteiger partial charge in [-0.05, 0) is 43.6 Å². The van der Waals surface area contributed by atoms with Crippen molar-refractivity contribution in [3.05, 3.63) is 0 Å². The van der Waals surface area contributed by atoms with Gasteiger partial charge in [0.05, 0.1) is 0 Å². The van der Waals surface area contributed by atoms with Crippen LogP contribution in [0.5, 0.6) is 0 Å². The predicted molar refractivity (Wildman–Crippen MR) is 66.9 cm³/mol. The van der Waals surface area contributed by atoms with E-state index in [2.05, 4.69) is 22.2 Å². The molecule has 13 heavy (non-hydrogen) atoms. The van der Waals surface area contributed by atoms with Gasteiger partial charge in [-0.3, -0.25) is 0 Å². The average molecular weight is 265 g/mol. The van der Waals surface area contributed by atoms with E-state index >= 15 is 0 Å². The van der Waals surface area contributed by atoms with Crippen molar-refractivity contribution in [3.8, 4) is 0 Å². The van der Waals surface area contributed by atoms with Gasteiger partial charge in [-0.1, -0.05) is 35.2 Å². The molecule has 78 valence electrons. The second kappa shape index (κ2) is 7.17. The van der Waals surface area contributed by atoms with Crippen LogP contribution in [0.1, 0.15) is 44.9 Å². The summed E-state index contributed by atoms with van der Waals surface area (Å²) < 4.78 is 0. The maximum atomic E-state index is 3.85. The summed E-state index contributed by atoms with van der Waals surface area (Å²) >= 11 is 5.82. The zero-order chi connectivity index (χ0) is 9.52. The molecule has 1 aliphatic rings. The van der Waals surface area contributed by atoms with Crippen LogP contribution in [0, 0.1) is 5.92 Å². The van der Waals surface area contributed by atoms with E-state index in [4.69, 9.17) is 0 Å². The maximum Gasteiger partial charge on any atom is 0.0174 e. The summed E-state index contributed by atoms with van der Waals surface area (Å²) in [6, 6.07) is 0. The highest BCUT2D eigenvalue weighted by atomic mass is 79.9. The third-order valence-electron chi connectivity index (χ3n) is 2.99. The van der Waals surface area contributed by atoms with E-state index < -0.39 is 0 Å². The number of hydrogen-bond donors (Lipinski definition) is 0. The fourth-order valence-corrected chi connectivity index (χ4v) is 3.49. The van der Waals surface area contributed by atoms with Gasteiger partial charge in [-0.25, -0.2) is 0 Å². The summed E-state index contributed by atoms with van der Waals surface area (Å²) in [7, 11) is 0. The number of rotatable bonds is 6. The van der Waals surface area contributed by atoms with Crippen LogP contribution in [0.3, 0.4) is 0 Å². The molecule has 0 aromatic rings. The number of thioether (sulfide) groups is 1. The Hall–Kier alpha value is 0.830. The van der Waals surface area contributed by atoms with Gasteiger partial charge in [0.25, 0.3) is 0 Å². The van der Waals surface area contributed by atoms with E-state index in [0.717, 1.165) is 10.7 Å². The van der Waals surface area contributed by atoms with Gasteiger partial charge >= 0.3 is 0 Å². The largest absolute Gasteiger partial charge is 0.165 e. The monoisotopic (exact) mass is 264 g/mol. The highest BCUT2D eigenvalue weighted by molar-refractivity contribution is 9.09. The van der Waals surface area contributed by atoms with E-state index in [-0.39, 0.29) is 0 Å². The van der Waals surface area contributed by atoms with E-state index in [1.165, 1.54) is 50.7 Å². The first-order valence-electron chi connectivity index (χ1n) is 5.47. The Morgan fingerprint density at radius 2 is 2.00 bits per heavy atom. The predicted octanol–water partition coefficient (Wildman–Crippen LogP) is 4.47. The Balaban J connectivity index is 1.99. The number of halogens is 1. The number of unbranched alkanes of at least 4 members (excludes halogenated alkanes) is 1. The smallest absolute Gasteiger partial charge is 0.0174 e. The molecular weight excluding hydrogens is 244 g/mol. The van der Waals surface area contributed by atoms with Gasteiger partial charge < -0.3 is 0 Å². The van der Waals surface area contributed by atoms with Gasteiger partial charge in [-0.15, -0.1) is 0 Å². The van der Waals surface area contributed by atoms with Crippen molar-refractivity contribution < 1.29 is 0 Å². The Morgan fingerprint density at radius 3 is 2.62 bits per heavy atom. The Bertz CT molecular complexity index is 121. The van der Waals surface area contributed by atoms with Gasteiger partial charge in [0.15, 0.2) is 0 Å². The van der Waals surface area contributed by atoms with Crippen molar-refractivity contribution in [1.82, 2.24) is 0 Å². The third kappa shape index (κ3) is 4.73. The molecule has 1 fully saturated rings. The minimum absolute atomic E-state index is 0.817.